The highest BCUT2D eigenvalue weighted by Crippen LogP contribution is 2.54. The molecule has 0 unspecified atom stereocenters. The monoisotopic (exact) mass is 553 g/mol. The number of halogens is 8. The summed E-state index contributed by atoms with van der Waals surface area (Å²) in [6.45, 7) is 2.15. The summed E-state index contributed by atoms with van der Waals surface area (Å²) in [4.78, 5) is 29.8. The zero-order valence-electron chi connectivity index (χ0n) is 18.3. The molecule has 1 N–H and O–H groups in total. The summed E-state index contributed by atoms with van der Waals surface area (Å²) in [5.41, 5.74) is -4.94. The van der Waals surface area contributed by atoms with Crippen molar-refractivity contribution in [2.45, 2.75) is 31.9 Å². The van der Waals surface area contributed by atoms with Crippen LogP contribution in [-0.4, -0.2) is 29.2 Å². The number of aryl methyl sites for hydroxylation is 2. The van der Waals surface area contributed by atoms with Crippen LogP contribution in [0.1, 0.15) is 37.5 Å². The van der Waals surface area contributed by atoms with Gasteiger partial charge in [-0.3, -0.25) is 15.0 Å². The molecule has 5 nitrogen and oxygen atoms in total. The third-order valence-corrected chi connectivity index (χ3v) is 5.87. The van der Waals surface area contributed by atoms with Gasteiger partial charge in [0, 0.05) is 21.5 Å². The number of nitrogens with zero attached hydrogens (tertiary/aromatic N) is 2. The fourth-order valence-corrected chi connectivity index (χ4v) is 4.15. The molecule has 0 atom stereocenters. The predicted molar refractivity (Wildman–Crippen MR) is 119 cm³/mol. The van der Waals surface area contributed by atoms with Crippen LogP contribution >= 0.6 is 22.9 Å². The van der Waals surface area contributed by atoms with E-state index in [-0.39, 0.29) is 33.1 Å². The van der Waals surface area contributed by atoms with Crippen LogP contribution in [0.4, 0.5) is 36.4 Å². The number of hydrogen-bond donors (Lipinski definition) is 1. The topological polar surface area (TPSA) is 62.3 Å². The minimum Gasteiger partial charge on any atom is -0.267 e. The zero-order valence-corrected chi connectivity index (χ0v) is 19.8. The summed E-state index contributed by atoms with van der Waals surface area (Å²) in [5.74, 6) is -1.81. The Balaban J connectivity index is 2.15. The number of alkyl halides is 7. The number of hydrogen-bond acceptors (Lipinski definition) is 4. The maximum atomic E-state index is 14.7. The van der Waals surface area contributed by atoms with Crippen molar-refractivity contribution in [1.82, 2.24) is 10.4 Å². The summed E-state index contributed by atoms with van der Waals surface area (Å²) in [6, 6.07) is 6.22. The summed E-state index contributed by atoms with van der Waals surface area (Å²) in [5, 5.41) is 2.14. The van der Waals surface area contributed by atoms with Crippen molar-refractivity contribution in [2.24, 2.45) is 0 Å². The lowest BCUT2D eigenvalue weighted by Gasteiger charge is -2.32. The number of hydrazine groups is 1. The largest absolute Gasteiger partial charge is 0.435 e. The fraction of sp³-hybridized carbons (Fsp3) is 0.227. The normalized spacial score (nSPS) is 12.4. The van der Waals surface area contributed by atoms with Crippen molar-refractivity contribution in [1.29, 1.82) is 0 Å². The van der Waals surface area contributed by atoms with E-state index in [9.17, 15) is 40.3 Å². The van der Waals surface area contributed by atoms with E-state index >= 15 is 0 Å². The molecule has 1 aromatic heterocycles. The van der Waals surface area contributed by atoms with E-state index in [1.807, 2.05) is 0 Å². The van der Waals surface area contributed by atoms with Gasteiger partial charge in [0.25, 0.3) is 11.8 Å². The second-order valence-corrected chi connectivity index (χ2v) is 8.73. The summed E-state index contributed by atoms with van der Waals surface area (Å²) < 4.78 is 94.3. The molecule has 1 heterocycles. The van der Waals surface area contributed by atoms with Crippen molar-refractivity contribution in [2.75, 3.05) is 5.01 Å². The molecular formula is C22H15ClF7N3O2S. The Bertz CT molecular complexity index is 1260. The summed E-state index contributed by atoms with van der Waals surface area (Å²) in [7, 11) is 0. The number of carbonyl (C=O) groups excluding carboxylic acids is 2. The Labute approximate surface area is 208 Å². The number of carbonyl (C=O) groups is 2. The van der Waals surface area contributed by atoms with E-state index < -0.39 is 35.4 Å². The highest BCUT2D eigenvalue weighted by molar-refractivity contribution is 7.07. The van der Waals surface area contributed by atoms with Gasteiger partial charge in [0.1, 0.15) is 5.69 Å². The van der Waals surface area contributed by atoms with Crippen LogP contribution in [0.3, 0.4) is 0 Å². The van der Waals surface area contributed by atoms with Crippen molar-refractivity contribution in [3.8, 4) is 0 Å². The third-order valence-electron chi connectivity index (χ3n) is 5.05. The molecule has 36 heavy (non-hydrogen) atoms. The lowest BCUT2D eigenvalue weighted by atomic mass is 9.90. The molecule has 2 aromatic carbocycles. The SMILES string of the molecule is Cc1cc(C(F)(C(F)(F)F)C(F)(F)F)cc(C)c1N(NC(=O)c1cccc(Cl)c1)C(=O)c1cscn1. The molecule has 0 radical (unpaired) electrons. The Morgan fingerprint density at radius 1 is 0.972 bits per heavy atom. The first kappa shape index (κ1) is 27.4. The molecule has 3 aromatic rings. The zero-order chi connectivity index (χ0) is 27.1. The van der Waals surface area contributed by atoms with Crippen molar-refractivity contribution in [3.63, 3.8) is 0 Å². The van der Waals surface area contributed by atoms with Gasteiger partial charge in [0.15, 0.2) is 0 Å². The maximum absolute atomic E-state index is 14.7. The van der Waals surface area contributed by atoms with Gasteiger partial charge in [0.05, 0.1) is 11.2 Å². The minimum atomic E-state index is -6.32. The van der Waals surface area contributed by atoms with Crippen LogP contribution in [-0.2, 0) is 5.67 Å². The molecule has 0 bridgehead atoms. The van der Waals surface area contributed by atoms with Crippen molar-refractivity contribution in [3.05, 3.63) is 80.3 Å². The molecule has 3 rings (SSSR count). The Morgan fingerprint density at radius 3 is 2.03 bits per heavy atom. The number of anilines is 1. The number of benzene rings is 2. The minimum absolute atomic E-state index is 0.00224. The van der Waals surface area contributed by atoms with Crippen LogP contribution in [0.25, 0.3) is 0 Å². The number of thiazole rings is 1. The van der Waals surface area contributed by atoms with E-state index in [4.69, 9.17) is 11.6 Å². The molecule has 0 saturated carbocycles. The van der Waals surface area contributed by atoms with Gasteiger partial charge < -0.3 is 0 Å². The Morgan fingerprint density at radius 2 is 1.56 bits per heavy atom. The van der Waals surface area contributed by atoms with Crippen LogP contribution in [0.5, 0.6) is 0 Å². The molecular weight excluding hydrogens is 539 g/mol. The first-order chi connectivity index (χ1) is 16.6. The molecule has 0 spiro atoms. The lowest BCUT2D eigenvalue weighted by Crippen LogP contribution is -2.51. The van der Waals surface area contributed by atoms with Gasteiger partial charge in [-0.1, -0.05) is 29.8 Å². The van der Waals surface area contributed by atoms with E-state index in [0.717, 1.165) is 25.2 Å². The second kappa shape index (κ2) is 9.69. The lowest BCUT2D eigenvalue weighted by molar-refractivity contribution is -0.348. The Kier molecular flexibility index (Phi) is 7.38. The van der Waals surface area contributed by atoms with E-state index in [0.29, 0.717) is 17.1 Å². The van der Waals surface area contributed by atoms with E-state index in [2.05, 4.69) is 10.4 Å². The van der Waals surface area contributed by atoms with Crippen LogP contribution in [0.15, 0.2) is 47.3 Å². The molecule has 0 fully saturated rings. The third kappa shape index (κ3) is 5.03. The summed E-state index contributed by atoms with van der Waals surface area (Å²) in [6.07, 6.45) is -12.6. The van der Waals surface area contributed by atoms with E-state index in [1.165, 1.54) is 35.2 Å². The molecule has 192 valence electrons. The average molecular weight is 554 g/mol. The number of aromatic nitrogens is 1. The molecule has 0 aliphatic carbocycles. The first-order valence-corrected chi connectivity index (χ1v) is 11.1. The van der Waals surface area contributed by atoms with Crippen LogP contribution < -0.4 is 10.4 Å². The summed E-state index contributed by atoms with van der Waals surface area (Å²) >= 11 is 6.91. The van der Waals surface area contributed by atoms with Gasteiger partial charge in [0.2, 0.25) is 0 Å². The van der Waals surface area contributed by atoms with Gasteiger partial charge in [-0.2, -0.15) is 26.3 Å². The fourth-order valence-electron chi connectivity index (χ4n) is 3.43. The second-order valence-electron chi connectivity index (χ2n) is 7.58. The van der Waals surface area contributed by atoms with Gasteiger partial charge in [-0.15, -0.1) is 11.3 Å². The Hall–Kier alpha value is -3.19. The van der Waals surface area contributed by atoms with Gasteiger partial charge in [-0.25, -0.2) is 14.4 Å². The molecule has 0 aliphatic rings. The highest BCUT2D eigenvalue weighted by Gasteiger charge is 2.73. The van der Waals surface area contributed by atoms with Gasteiger partial charge in [-0.05, 0) is 43.2 Å². The highest BCUT2D eigenvalue weighted by atomic mass is 35.5. The van der Waals surface area contributed by atoms with Crippen LogP contribution in [0, 0.1) is 13.8 Å². The first-order valence-electron chi connectivity index (χ1n) is 9.81. The van der Waals surface area contributed by atoms with Crippen molar-refractivity contribution >= 4 is 40.4 Å². The quantitative estimate of drug-likeness (QED) is 0.289. The van der Waals surface area contributed by atoms with Gasteiger partial charge >= 0.3 is 18.0 Å². The number of amides is 2. The number of rotatable bonds is 4. The van der Waals surface area contributed by atoms with Crippen molar-refractivity contribution < 1.29 is 40.3 Å². The standard InChI is InChI=1S/C22H15ClF7N3O2S/c1-11-6-14(20(24,21(25,26)27)22(28,29)30)7-12(2)17(11)33(19(35)16-9-36-10-31-16)32-18(34)13-4-3-5-15(23)8-13/h3-10H,1-2H3,(H,32,34). The smallest absolute Gasteiger partial charge is 0.267 e. The molecule has 2 amide bonds. The maximum Gasteiger partial charge on any atom is 0.435 e. The predicted octanol–water partition coefficient (Wildman–Crippen LogP) is 6.69. The van der Waals surface area contributed by atoms with Crippen LogP contribution in [0.2, 0.25) is 5.02 Å². The average Bonchev–Trinajstić information content (AvgIpc) is 3.30. The molecule has 0 aliphatic heterocycles. The molecule has 0 saturated heterocycles. The molecule has 14 heteroatoms. The number of nitrogens with one attached hydrogen (secondary N) is 1. The van der Waals surface area contributed by atoms with E-state index in [1.54, 1.807) is 0 Å².